The largest absolute Gasteiger partial charge is 0.325 e. The number of thioether (sulfide) groups is 1. The average Bonchev–Trinajstić information content (AvgIpc) is 3.04. The molecule has 0 unspecified atom stereocenters. The highest BCUT2D eigenvalue weighted by atomic mass is 35.5. The van der Waals surface area contributed by atoms with E-state index in [1.54, 1.807) is 4.68 Å². The van der Waals surface area contributed by atoms with Gasteiger partial charge >= 0.3 is 0 Å². The zero-order chi connectivity index (χ0) is 19.0. The van der Waals surface area contributed by atoms with Crippen LogP contribution in [0.3, 0.4) is 0 Å². The van der Waals surface area contributed by atoms with Gasteiger partial charge in [0.25, 0.3) is 0 Å². The Morgan fingerprint density at radius 1 is 1.26 bits per heavy atom. The third kappa shape index (κ3) is 3.50. The third-order valence-corrected chi connectivity index (χ3v) is 5.71. The van der Waals surface area contributed by atoms with Crippen LogP contribution in [0.1, 0.15) is 17.4 Å². The number of fused-ring (bicyclic) bond motifs is 1. The zero-order valence-electron chi connectivity index (χ0n) is 14.2. The topological polar surface area (TPSA) is 71.8 Å². The second-order valence-electron chi connectivity index (χ2n) is 6.04. The molecule has 0 saturated heterocycles. The molecule has 4 rings (SSSR count). The minimum absolute atomic E-state index is 0.0443. The van der Waals surface area contributed by atoms with Crippen molar-refractivity contribution in [1.82, 2.24) is 14.9 Å². The van der Waals surface area contributed by atoms with Crippen LogP contribution in [0.25, 0.3) is 0 Å². The Balaban J connectivity index is 1.65. The summed E-state index contributed by atoms with van der Waals surface area (Å²) in [4.78, 5) is 13.0. The molecule has 2 N–H and O–H groups in total. The predicted octanol–water partition coefficient (Wildman–Crippen LogP) is 3.78. The monoisotopic (exact) mass is 403 g/mol. The molecule has 0 saturated carbocycles. The smallest absolute Gasteiger partial charge is 0.240 e. The Kier molecular flexibility index (Phi) is 4.75. The van der Waals surface area contributed by atoms with Crippen molar-refractivity contribution in [3.8, 4) is 0 Å². The fourth-order valence-corrected chi connectivity index (χ4v) is 4.16. The van der Waals surface area contributed by atoms with Gasteiger partial charge in [-0.25, -0.2) is 9.07 Å². The number of aryl methyl sites for hydroxylation is 1. The fourth-order valence-electron chi connectivity index (χ4n) is 2.86. The minimum Gasteiger partial charge on any atom is -0.325 e. The first-order valence-electron chi connectivity index (χ1n) is 8.19. The summed E-state index contributed by atoms with van der Waals surface area (Å²) in [5, 5.41) is 11.0. The van der Waals surface area contributed by atoms with Crippen LogP contribution in [-0.4, -0.2) is 26.0 Å². The number of carbonyl (C=O) groups is 1. The highest BCUT2D eigenvalue weighted by Crippen LogP contribution is 2.37. The second-order valence-corrected chi connectivity index (χ2v) is 7.56. The number of hydrogen-bond acceptors (Lipinski definition) is 5. The number of hydrogen-bond donors (Lipinski definition) is 2. The summed E-state index contributed by atoms with van der Waals surface area (Å²) in [7, 11) is 0. The van der Waals surface area contributed by atoms with Crippen molar-refractivity contribution >= 4 is 35.0 Å². The van der Waals surface area contributed by atoms with Gasteiger partial charge in [0.05, 0.1) is 11.1 Å². The highest BCUT2D eigenvalue weighted by molar-refractivity contribution is 8.00. The van der Waals surface area contributed by atoms with E-state index in [4.69, 9.17) is 11.6 Å². The van der Waals surface area contributed by atoms with Crippen LogP contribution >= 0.6 is 23.4 Å². The molecule has 0 aliphatic carbocycles. The van der Waals surface area contributed by atoms with Crippen LogP contribution in [0, 0.1) is 12.7 Å². The Morgan fingerprint density at radius 2 is 2.04 bits per heavy atom. The van der Waals surface area contributed by atoms with Gasteiger partial charge in [-0.05, 0) is 30.7 Å². The average molecular weight is 404 g/mol. The number of amides is 1. The molecule has 2 heterocycles. The van der Waals surface area contributed by atoms with E-state index in [-0.39, 0.29) is 17.0 Å². The molecule has 2 aromatic carbocycles. The molecular formula is C18H15ClFN5OS. The molecule has 9 heteroatoms. The second kappa shape index (κ2) is 7.21. The number of nitrogens with zero attached hydrogens (tertiary/aromatic N) is 3. The summed E-state index contributed by atoms with van der Waals surface area (Å²) in [6, 6.07) is 13.5. The van der Waals surface area contributed by atoms with Gasteiger partial charge < -0.3 is 10.7 Å². The van der Waals surface area contributed by atoms with Crippen molar-refractivity contribution < 1.29 is 9.18 Å². The number of rotatable bonds is 3. The van der Waals surface area contributed by atoms with Crippen molar-refractivity contribution in [2.45, 2.75) is 23.4 Å². The molecule has 3 aromatic rings. The van der Waals surface area contributed by atoms with Gasteiger partial charge in [-0.1, -0.05) is 53.7 Å². The molecule has 1 aliphatic rings. The standard InChI is InChI=1S/C18H15ClFN5OS/c1-10-22-23-18-25(10)24-15(11-5-3-2-4-6-11)16(27-18)17(26)21-12-7-8-14(20)13(19)9-12/h2-9,15-16,24H,1H3,(H,21,26)/t15-,16+/m0/s1. The van der Waals surface area contributed by atoms with Crippen LogP contribution in [0.4, 0.5) is 10.1 Å². The van der Waals surface area contributed by atoms with Gasteiger partial charge in [-0.2, -0.15) is 0 Å². The van der Waals surface area contributed by atoms with E-state index in [0.717, 1.165) is 5.56 Å². The lowest BCUT2D eigenvalue weighted by atomic mass is 10.0. The molecule has 0 radical (unpaired) electrons. The Hall–Kier alpha value is -2.58. The molecule has 27 heavy (non-hydrogen) atoms. The minimum atomic E-state index is -0.533. The predicted molar refractivity (Wildman–Crippen MR) is 103 cm³/mol. The van der Waals surface area contributed by atoms with E-state index in [0.29, 0.717) is 16.7 Å². The lowest BCUT2D eigenvalue weighted by Crippen LogP contribution is -2.41. The number of halogens is 2. The van der Waals surface area contributed by atoms with Crippen molar-refractivity contribution in [1.29, 1.82) is 0 Å². The lowest BCUT2D eigenvalue weighted by molar-refractivity contribution is -0.116. The lowest BCUT2D eigenvalue weighted by Gasteiger charge is -2.32. The van der Waals surface area contributed by atoms with Crippen LogP contribution in [0.2, 0.25) is 5.02 Å². The molecule has 0 spiro atoms. The summed E-state index contributed by atoms with van der Waals surface area (Å²) in [6.07, 6.45) is 0. The SMILES string of the molecule is Cc1nnc2n1N[C@@H](c1ccccc1)[C@H](C(=O)Nc1ccc(F)c(Cl)c1)S2. The number of benzene rings is 2. The molecule has 2 atom stereocenters. The fraction of sp³-hybridized carbons (Fsp3) is 0.167. The molecule has 1 amide bonds. The Bertz CT molecular complexity index is 997. The molecule has 0 fully saturated rings. The van der Waals surface area contributed by atoms with E-state index >= 15 is 0 Å². The Labute approximate surface area is 164 Å². The summed E-state index contributed by atoms with van der Waals surface area (Å²) >= 11 is 7.14. The molecule has 1 aromatic heterocycles. The van der Waals surface area contributed by atoms with E-state index in [2.05, 4.69) is 20.9 Å². The summed E-state index contributed by atoms with van der Waals surface area (Å²) in [5.41, 5.74) is 4.71. The first kappa shape index (κ1) is 17.8. The summed E-state index contributed by atoms with van der Waals surface area (Å²) in [6.45, 7) is 1.84. The molecule has 138 valence electrons. The number of nitrogens with one attached hydrogen (secondary N) is 2. The molecule has 6 nitrogen and oxygen atoms in total. The maximum absolute atomic E-state index is 13.4. The van der Waals surface area contributed by atoms with Gasteiger partial charge in [-0.15, -0.1) is 10.2 Å². The third-order valence-electron chi connectivity index (χ3n) is 4.20. The molecule has 0 bridgehead atoms. The van der Waals surface area contributed by atoms with Crippen LogP contribution in [-0.2, 0) is 4.79 Å². The van der Waals surface area contributed by atoms with Crippen LogP contribution < -0.4 is 10.7 Å². The van der Waals surface area contributed by atoms with Gasteiger partial charge in [0.15, 0.2) is 0 Å². The van der Waals surface area contributed by atoms with Gasteiger partial charge in [0.2, 0.25) is 11.1 Å². The summed E-state index contributed by atoms with van der Waals surface area (Å²) in [5.74, 6) is -0.0624. The first-order chi connectivity index (χ1) is 13.0. The van der Waals surface area contributed by atoms with Gasteiger partial charge in [-0.3, -0.25) is 4.79 Å². The number of aromatic nitrogens is 3. The van der Waals surface area contributed by atoms with Crippen molar-refractivity contribution in [2.24, 2.45) is 0 Å². The van der Waals surface area contributed by atoms with E-state index in [1.165, 1.54) is 30.0 Å². The number of anilines is 1. The maximum Gasteiger partial charge on any atom is 0.240 e. The van der Waals surface area contributed by atoms with E-state index in [1.807, 2.05) is 37.3 Å². The quantitative estimate of drug-likeness (QED) is 0.696. The maximum atomic E-state index is 13.4. The summed E-state index contributed by atoms with van der Waals surface area (Å²) < 4.78 is 15.1. The highest BCUT2D eigenvalue weighted by Gasteiger charge is 2.37. The zero-order valence-corrected chi connectivity index (χ0v) is 15.8. The van der Waals surface area contributed by atoms with Gasteiger partial charge in [0.1, 0.15) is 16.9 Å². The Morgan fingerprint density at radius 3 is 2.78 bits per heavy atom. The van der Waals surface area contributed by atoms with Crippen molar-refractivity contribution in [3.05, 3.63) is 70.8 Å². The normalized spacial score (nSPS) is 18.5. The van der Waals surface area contributed by atoms with E-state index < -0.39 is 11.1 Å². The van der Waals surface area contributed by atoms with E-state index in [9.17, 15) is 9.18 Å². The number of carbonyl (C=O) groups excluding carboxylic acids is 1. The molecular weight excluding hydrogens is 389 g/mol. The first-order valence-corrected chi connectivity index (χ1v) is 9.45. The van der Waals surface area contributed by atoms with Gasteiger partial charge in [0, 0.05) is 5.69 Å². The van der Waals surface area contributed by atoms with Crippen molar-refractivity contribution in [3.63, 3.8) is 0 Å². The molecule has 1 aliphatic heterocycles. The van der Waals surface area contributed by atoms with Crippen LogP contribution in [0.5, 0.6) is 0 Å². The van der Waals surface area contributed by atoms with Crippen molar-refractivity contribution in [2.75, 3.05) is 10.7 Å². The van der Waals surface area contributed by atoms with Crippen LogP contribution in [0.15, 0.2) is 53.7 Å².